The maximum Gasteiger partial charge on any atom is 0.191 e. The quantitative estimate of drug-likeness (QED) is 0.525. The lowest BCUT2D eigenvalue weighted by molar-refractivity contribution is 0.0778. The molecule has 0 radical (unpaired) electrons. The van der Waals surface area contributed by atoms with Gasteiger partial charge in [0.2, 0.25) is 0 Å². The minimum atomic E-state index is 0.399. The molecular weight excluding hydrogens is 238 g/mol. The summed E-state index contributed by atoms with van der Waals surface area (Å²) in [5, 5.41) is 6.73. The summed E-state index contributed by atoms with van der Waals surface area (Å²) >= 11 is 0. The minimum absolute atomic E-state index is 0.399. The van der Waals surface area contributed by atoms with Crippen LogP contribution in [0.4, 0.5) is 0 Å². The van der Waals surface area contributed by atoms with Gasteiger partial charge in [-0.1, -0.05) is 20.3 Å². The zero-order valence-electron chi connectivity index (χ0n) is 13.1. The second-order valence-electron chi connectivity index (χ2n) is 6.07. The summed E-state index contributed by atoms with van der Waals surface area (Å²) in [6, 6.07) is 0. The smallest absolute Gasteiger partial charge is 0.191 e. The number of hydrogen-bond donors (Lipinski definition) is 2. The maximum atomic E-state index is 5.23. The highest BCUT2D eigenvalue weighted by Gasteiger charge is 2.36. The molecule has 1 saturated carbocycles. The Morgan fingerprint density at radius 1 is 1.32 bits per heavy atom. The molecule has 0 heterocycles. The van der Waals surface area contributed by atoms with Gasteiger partial charge in [0.25, 0.3) is 0 Å². The van der Waals surface area contributed by atoms with Crippen LogP contribution in [0.2, 0.25) is 0 Å². The van der Waals surface area contributed by atoms with Crippen molar-refractivity contribution >= 4 is 5.96 Å². The fraction of sp³-hybridized carbons (Fsp3) is 0.933. The standard InChI is InChI=1S/C15H31N3O/c1-5-16-14(17-11-13(2)3)18-12-15(7-6-8-15)9-10-19-4/h13H,5-12H2,1-4H3,(H2,16,17,18). The van der Waals surface area contributed by atoms with E-state index in [0.717, 1.165) is 38.6 Å². The van der Waals surface area contributed by atoms with Crippen LogP contribution in [-0.4, -0.2) is 39.3 Å². The van der Waals surface area contributed by atoms with Gasteiger partial charge in [-0.3, -0.25) is 4.99 Å². The molecule has 1 aliphatic carbocycles. The highest BCUT2D eigenvalue weighted by atomic mass is 16.5. The molecule has 4 heteroatoms. The summed E-state index contributed by atoms with van der Waals surface area (Å²) in [5.74, 6) is 1.59. The molecule has 0 aliphatic heterocycles. The van der Waals surface area contributed by atoms with Crippen molar-refractivity contribution in [1.82, 2.24) is 10.6 Å². The largest absolute Gasteiger partial charge is 0.385 e. The van der Waals surface area contributed by atoms with E-state index >= 15 is 0 Å². The van der Waals surface area contributed by atoms with Crippen molar-refractivity contribution in [1.29, 1.82) is 0 Å². The van der Waals surface area contributed by atoms with Crippen molar-refractivity contribution in [2.45, 2.75) is 46.5 Å². The molecule has 4 nitrogen and oxygen atoms in total. The SMILES string of the molecule is CCNC(=NCC1(CCOC)CCC1)NCC(C)C. The molecule has 0 bridgehead atoms. The first-order valence-corrected chi connectivity index (χ1v) is 7.63. The van der Waals surface area contributed by atoms with E-state index in [2.05, 4.69) is 31.4 Å². The van der Waals surface area contributed by atoms with Gasteiger partial charge in [-0.25, -0.2) is 0 Å². The molecule has 0 amide bonds. The van der Waals surface area contributed by atoms with E-state index in [0.29, 0.717) is 11.3 Å². The Morgan fingerprint density at radius 3 is 2.53 bits per heavy atom. The average Bonchev–Trinajstić information content (AvgIpc) is 2.33. The highest BCUT2D eigenvalue weighted by molar-refractivity contribution is 5.79. The molecule has 1 fully saturated rings. The molecule has 1 rings (SSSR count). The number of nitrogens with one attached hydrogen (secondary N) is 2. The molecule has 2 N–H and O–H groups in total. The topological polar surface area (TPSA) is 45.7 Å². The molecule has 112 valence electrons. The number of nitrogens with zero attached hydrogens (tertiary/aromatic N) is 1. The zero-order chi connectivity index (χ0) is 14.1. The Labute approximate surface area is 118 Å². The van der Waals surface area contributed by atoms with Crippen LogP contribution >= 0.6 is 0 Å². The Balaban J connectivity index is 2.47. The second-order valence-corrected chi connectivity index (χ2v) is 6.07. The van der Waals surface area contributed by atoms with Gasteiger partial charge in [-0.15, -0.1) is 0 Å². The van der Waals surface area contributed by atoms with Crippen molar-refractivity contribution < 1.29 is 4.74 Å². The Hall–Kier alpha value is -0.770. The molecule has 0 spiro atoms. The minimum Gasteiger partial charge on any atom is -0.385 e. The van der Waals surface area contributed by atoms with Crippen molar-refractivity contribution in [3.05, 3.63) is 0 Å². The fourth-order valence-corrected chi connectivity index (χ4v) is 2.37. The first-order chi connectivity index (χ1) is 9.12. The summed E-state index contributed by atoms with van der Waals surface area (Å²) in [5.41, 5.74) is 0.399. The first-order valence-electron chi connectivity index (χ1n) is 7.63. The highest BCUT2D eigenvalue weighted by Crippen LogP contribution is 2.44. The third kappa shape index (κ3) is 5.81. The Bertz CT molecular complexity index is 273. The van der Waals surface area contributed by atoms with Gasteiger partial charge in [0.05, 0.1) is 0 Å². The molecular formula is C15H31N3O. The van der Waals surface area contributed by atoms with Gasteiger partial charge in [0.15, 0.2) is 5.96 Å². The first kappa shape index (κ1) is 16.3. The number of hydrogen-bond acceptors (Lipinski definition) is 2. The van der Waals surface area contributed by atoms with Gasteiger partial charge in [0.1, 0.15) is 0 Å². The summed E-state index contributed by atoms with van der Waals surface area (Å²) < 4.78 is 5.23. The molecule has 0 unspecified atom stereocenters. The second kappa shape index (κ2) is 8.41. The van der Waals surface area contributed by atoms with Gasteiger partial charge in [-0.05, 0) is 37.5 Å². The monoisotopic (exact) mass is 269 g/mol. The van der Waals surface area contributed by atoms with Crippen LogP contribution in [0.25, 0.3) is 0 Å². The van der Waals surface area contributed by atoms with Crippen LogP contribution < -0.4 is 10.6 Å². The summed E-state index contributed by atoms with van der Waals surface area (Å²) in [7, 11) is 1.78. The predicted molar refractivity (Wildman–Crippen MR) is 81.6 cm³/mol. The van der Waals surface area contributed by atoms with Gasteiger partial charge in [-0.2, -0.15) is 0 Å². The van der Waals surface area contributed by atoms with Gasteiger partial charge < -0.3 is 15.4 Å². The van der Waals surface area contributed by atoms with Crippen LogP contribution in [0.5, 0.6) is 0 Å². The summed E-state index contributed by atoms with van der Waals surface area (Å²) in [6.45, 7) is 10.2. The molecule has 0 aromatic carbocycles. The van der Waals surface area contributed by atoms with E-state index in [4.69, 9.17) is 9.73 Å². The Kier molecular flexibility index (Phi) is 7.21. The van der Waals surface area contributed by atoms with Gasteiger partial charge in [0, 0.05) is 33.4 Å². The van der Waals surface area contributed by atoms with Crippen LogP contribution in [0.3, 0.4) is 0 Å². The molecule has 1 aliphatic rings. The van der Waals surface area contributed by atoms with E-state index in [-0.39, 0.29) is 0 Å². The fourth-order valence-electron chi connectivity index (χ4n) is 2.37. The van der Waals surface area contributed by atoms with Crippen molar-refractivity contribution in [3.8, 4) is 0 Å². The molecule has 0 atom stereocenters. The summed E-state index contributed by atoms with van der Waals surface area (Å²) in [6.07, 6.45) is 5.07. The van der Waals surface area contributed by atoms with Crippen LogP contribution in [0.15, 0.2) is 4.99 Å². The Morgan fingerprint density at radius 2 is 2.05 bits per heavy atom. The van der Waals surface area contributed by atoms with E-state index in [1.165, 1.54) is 19.3 Å². The molecule has 19 heavy (non-hydrogen) atoms. The van der Waals surface area contributed by atoms with Crippen molar-refractivity contribution in [2.75, 3.05) is 33.4 Å². The molecule has 0 aromatic heterocycles. The van der Waals surface area contributed by atoms with E-state index < -0.39 is 0 Å². The van der Waals surface area contributed by atoms with E-state index in [1.807, 2.05) is 0 Å². The van der Waals surface area contributed by atoms with E-state index in [1.54, 1.807) is 7.11 Å². The normalized spacial score (nSPS) is 18.3. The predicted octanol–water partition coefficient (Wildman–Crippen LogP) is 2.40. The van der Waals surface area contributed by atoms with Crippen LogP contribution in [-0.2, 0) is 4.74 Å². The number of methoxy groups -OCH3 is 1. The molecule has 0 aromatic rings. The zero-order valence-corrected chi connectivity index (χ0v) is 13.1. The average molecular weight is 269 g/mol. The molecule has 0 saturated heterocycles. The maximum absolute atomic E-state index is 5.23. The van der Waals surface area contributed by atoms with Gasteiger partial charge >= 0.3 is 0 Å². The number of rotatable bonds is 8. The summed E-state index contributed by atoms with van der Waals surface area (Å²) in [4.78, 5) is 4.77. The van der Waals surface area contributed by atoms with Crippen LogP contribution in [0, 0.1) is 11.3 Å². The third-order valence-electron chi connectivity index (χ3n) is 3.85. The van der Waals surface area contributed by atoms with E-state index in [9.17, 15) is 0 Å². The number of aliphatic imine (C=N–C) groups is 1. The lowest BCUT2D eigenvalue weighted by atomic mass is 9.67. The third-order valence-corrected chi connectivity index (χ3v) is 3.85. The van der Waals surface area contributed by atoms with Crippen molar-refractivity contribution in [3.63, 3.8) is 0 Å². The number of ether oxygens (including phenoxy) is 1. The van der Waals surface area contributed by atoms with Crippen LogP contribution in [0.1, 0.15) is 46.5 Å². The lowest BCUT2D eigenvalue weighted by Gasteiger charge is -2.40. The number of guanidine groups is 1. The lowest BCUT2D eigenvalue weighted by Crippen LogP contribution is -2.41. The van der Waals surface area contributed by atoms with Crippen molar-refractivity contribution in [2.24, 2.45) is 16.3 Å².